The van der Waals surface area contributed by atoms with Gasteiger partial charge in [-0.25, -0.2) is 0 Å². The molecule has 0 bridgehead atoms. The predicted molar refractivity (Wildman–Crippen MR) is 100 cm³/mol. The fourth-order valence-electron chi connectivity index (χ4n) is 3.00. The number of benzene rings is 2. The zero-order valence-corrected chi connectivity index (χ0v) is 14.6. The van der Waals surface area contributed by atoms with Crippen LogP contribution in [0, 0.1) is 0 Å². The Hall–Kier alpha value is -1.81. The van der Waals surface area contributed by atoms with Crippen LogP contribution in [0.25, 0.3) is 10.9 Å². The molecule has 0 amide bonds. The zero-order chi connectivity index (χ0) is 16.9. The molecular weight excluding hydrogens is 320 g/mol. The maximum absolute atomic E-state index is 9.37. The average Bonchev–Trinajstić information content (AvgIpc) is 2.96. The molecule has 4 heteroatoms. The fourth-order valence-corrected chi connectivity index (χ4v) is 3.19. The lowest BCUT2D eigenvalue weighted by Gasteiger charge is -2.13. The second-order valence-electron chi connectivity index (χ2n) is 6.06. The number of hydrogen-bond donors (Lipinski definition) is 2. The smallest absolute Gasteiger partial charge is 0.0584 e. The highest BCUT2D eigenvalue weighted by atomic mass is 35.5. The molecule has 24 heavy (non-hydrogen) atoms. The molecule has 0 radical (unpaired) electrons. The summed E-state index contributed by atoms with van der Waals surface area (Å²) < 4.78 is 2.24. The summed E-state index contributed by atoms with van der Waals surface area (Å²) in [6.45, 7) is 3.73. The molecule has 0 saturated heterocycles. The molecule has 1 atom stereocenters. The molecule has 3 aromatic rings. The second-order valence-corrected chi connectivity index (χ2v) is 6.47. The third kappa shape index (κ3) is 3.64. The van der Waals surface area contributed by atoms with Crippen LogP contribution in [0.2, 0.25) is 5.02 Å². The van der Waals surface area contributed by atoms with Crippen LogP contribution in [0.4, 0.5) is 0 Å². The Bertz CT molecular complexity index is 808. The summed E-state index contributed by atoms with van der Waals surface area (Å²) in [4.78, 5) is 0. The van der Waals surface area contributed by atoms with Crippen molar-refractivity contribution < 1.29 is 5.11 Å². The van der Waals surface area contributed by atoms with E-state index in [2.05, 4.69) is 53.3 Å². The first-order valence-electron chi connectivity index (χ1n) is 8.37. The highest BCUT2D eigenvalue weighted by Crippen LogP contribution is 2.24. The first-order chi connectivity index (χ1) is 11.7. The number of halogens is 1. The van der Waals surface area contributed by atoms with Crippen LogP contribution in [-0.4, -0.2) is 22.3 Å². The van der Waals surface area contributed by atoms with Crippen molar-refractivity contribution in [3.8, 4) is 0 Å². The number of hydrogen-bond acceptors (Lipinski definition) is 2. The van der Waals surface area contributed by atoms with Gasteiger partial charge < -0.3 is 15.0 Å². The van der Waals surface area contributed by atoms with E-state index in [9.17, 15) is 5.11 Å². The lowest BCUT2D eigenvalue weighted by molar-refractivity contribution is 0.238. The van der Waals surface area contributed by atoms with Gasteiger partial charge in [0, 0.05) is 41.3 Å². The molecule has 1 unspecified atom stereocenters. The monoisotopic (exact) mass is 342 g/mol. The molecule has 0 aliphatic rings. The van der Waals surface area contributed by atoms with Gasteiger partial charge in [-0.1, -0.05) is 54.9 Å². The van der Waals surface area contributed by atoms with Crippen LogP contribution in [0.5, 0.6) is 0 Å². The van der Waals surface area contributed by atoms with Gasteiger partial charge in [-0.05, 0) is 29.7 Å². The van der Waals surface area contributed by atoms with Crippen LogP contribution < -0.4 is 5.32 Å². The molecule has 0 spiro atoms. The zero-order valence-electron chi connectivity index (χ0n) is 13.9. The van der Waals surface area contributed by atoms with Gasteiger partial charge in [0.25, 0.3) is 0 Å². The Balaban J connectivity index is 1.90. The summed E-state index contributed by atoms with van der Waals surface area (Å²) in [6, 6.07) is 16.5. The molecule has 0 aliphatic carbocycles. The Labute approximate surface area is 147 Å². The molecule has 126 valence electrons. The minimum atomic E-state index is 0.135. The lowest BCUT2D eigenvalue weighted by atomic mass is 10.1. The lowest BCUT2D eigenvalue weighted by Crippen LogP contribution is -2.31. The molecule has 2 aromatic carbocycles. The van der Waals surface area contributed by atoms with E-state index >= 15 is 0 Å². The number of nitrogens with zero attached hydrogens (tertiary/aromatic N) is 1. The van der Waals surface area contributed by atoms with Crippen molar-refractivity contribution in [2.24, 2.45) is 0 Å². The summed E-state index contributed by atoms with van der Waals surface area (Å²) >= 11 is 6.32. The Morgan fingerprint density at radius 3 is 2.58 bits per heavy atom. The minimum absolute atomic E-state index is 0.135. The van der Waals surface area contributed by atoms with E-state index < -0.39 is 0 Å². The molecule has 0 aliphatic heterocycles. The van der Waals surface area contributed by atoms with Gasteiger partial charge in [0.2, 0.25) is 0 Å². The number of aliphatic hydroxyl groups excluding tert-OH is 1. The summed E-state index contributed by atoms with van der Waals surface area (Å²) in [5.41, 5.74) is 3.55. The summed E-state index contributed by atoms with van der Waals surface area (Å²) in [7, 11) is 0. The van der Waals surface area contributed by atoms with Crippen LogP contribution in [0.15, 0.2) is 54.7 Å². The van der Waals surface area contributed by atoms with Gasteiger partial charge in [0.15, 0.2) is 0 Å². The Morgan fingerprint density at radius 1 is 1.08 bits per heavy atom. The van der Waals surface area contributed by atoms with Crippen LogP contribution in [0.3, 0.4) is 0 Å². The first-order valence-corrected chi connectivity index (χ1v) is 8.75. The Kier molecular flexibility index (Phi) is 5.56. The number of aromatic nitrogens is 1. The number of aliphatic hydroxyl groups is 1. The number of rotatable bonds is 7. The highest BCUT2D eigenvalue weighted by Gasteiger charge is 2.11. The molecular formula is C20H23ClN2O. The molecule has 0 saturated carbocycles. The third-order valence-electron chi connectivity index (χ3n) is 4.46. The van der Waals surface area contributed by atoms with Crippen molar-refractivity contribution in [2.75, 3.05) is 6.61 Å². The normalized spacial score (nSPS) is 12.6. The van der Waals surface area contributed by atoms with E-state index in [1.165, 1.54) is 16.5 Å². The largest absolute Gasteiger partial charge is 0.395 e. The molecule has 2 N–H and O–H groups in total. The van der Waals surface area contributed by atoms with E-state index in [1.807, 2.05) is 18.2 Å². The summed E-state index contributed by atoms with van der Waals surface area (Å²) in [5.74, 6) is 0. The number of fused-ring (bicyclic) bond motifs is 1. The highest BCUT2D eigenvalue weighted by molar-refractivity contribution is 6.31. The van der Waals surface area contributed by atoms with Gasteiger partial charge >= 0.3 is 0 Å². The van der Waals surface area contributed by atoms with E-state index in [-0.39, 0.29) is 12.6 Å². The molecule has 3 nitrogen and oxygen atoms in total. The second kappa shape index (κ2) is 7.84. The molecule has 1 heterocycles. The first kappa shape index (κ1) is 17.0. The SMILES string of the molecule is CCC(CO)NCc1cn(Cc2ccccc2Cl)c2ccccc12. The Morgan fingerprint density at radius 2 is 1.83 bits per heavy atom. The van der Waals surface area contributed by atoms with Crippen LogP contribution in [-0.2, 0) is 13.1 Å². The van der Waals surface area contributed by atoms with Gasteiger partial charge in [-0.2, -0.15) is 0 Å². The average molecular weight is 343 g/mol. The number of nitrogens with one attached hydrogen (secondary N) is 1. The van der Waals surface area contributed by atoms with Crippen molar-refractivity contribution in [1.82, 2.24) is 9.88 Å². The van der Waals surface area contributed by atoms with Crippen molar-refractivity contribution >= 4 is 22.5 Å². The fraction of sp³-hybridized carbons (Fsp3) is 0.300. The van der Waals surface area contributed by atoms with Crippen LogP contribution in [0.1, 0.15) is 24.5 Å². The van der Waals surface area contributed by atoms with Crippen LogP contribution >= 0.6 is 11.6 Å². The van der Waals surface area contributed by atoms with E-state index in [0.29, 0.717) is 0 Å². The molecule has 3 rings (SSSR count). The van der Waals surface area contributed by atoms with Gasteiger partial charge in [-0.3, -0.25) is 0 Å². The van der Waals surface area contributed by atoms with Crippen molar-refractivity contribution in [3.63, 3.8) is 0 Å². The standard InChI is InChI=1S/C20H23ClN2O/c1-2-17(14-24)22-11-16-13-23(20-10-6-4-8-18(16)20)12-15-7-3-5-9-19(15)21/h3-10,13,17,22,24H,2,11-12,14H2,1H3. The summed E-state index contributed by atoms with van der Waals surface area (Å²) in [6.07, 6.45) is 3.10. The van der Waals surface area contributed by atoms with Crippen molar-refractivity contribution in [1.29, 1.82) is 0 Å². The van der Waals surface area contributed by atoms with Crippen molar-refractivity contribution in [2.45, 2.75) is 32.5 Å². The topological polar surface area (TPSA) is 37.2 Å². The molecule has 0 fully saturated rings. The summed E-state index contributed by atoms with van der Waals surface area (Å²) in [5, 5.41) is 14.8. The van der Waals surface area contributed by atoms with E-state index in [1.54, 1.807) is 0 Å². The van der Waals surface area contributed by atoms with Gasteiger partial charge in [0.05, 0.1) is 6.61 Å². The minimum Gasteiger partial charge on any atom is -0.395 e. The quantitative estimate of drug-likeness (QED) is 0.675. The predicted octanol–water partition coefficient (Wildman–Crippen LogP) is 4.20. The maximum Gasteiger partial charge on any atom is 0.0584 e. The third-order valence-corrected chi connectivity index (χ3v) is 4.83. The maximum atomic E-state index is 9.37. The van der Waals surface area contributed by atoms with Gasteiger partial charge in [-0.15, -0.1) is 0 Å². The number of para-hydroxylation sites is 1. The van der Waals surface area contributed by atoms with Crippen molar-refractivity contribution in [3.05, 3.63) is 70.9 Å². The van der Waals surface area contributed by atoms with E-state index in [0.717, 1.165) is 30.1 Å². The van der Waals surface area contributed by atoms with E-state index in [4.69, 9.17) is 11.6 Å². The van der Waals surface area contributed by atoms with Gasteiger partial charge in [0.1, 0.15) is 0 Å². The molecule has 1 aromatic heterocycles.